The molecule has 0 spiro atoms. The number of nitrogens with one attached hydrogen (secondary N) is 1. The predicted molar refractivity (Wildman–Crippen MR) is 57.9 cm³/mol. The van der Waals surface area contributed by atoms with Gasteiger partial charge >= 0.3 is 5.97 Å². The van der Waals surface area contributed by atoms with Crippen LogP contribution in [-0.4, -0.2) is 36.9 Å². The normalized spacial score (nSPS) is 20.1. The average Bonchev–Trinajstić information content (AvgIpc) is 2.25. The van der Waals surface area contributed by atoms with Crippen LogP contribution in [-0.2, 0) is 9.53 Å². The maximum absolute atomic E-state index is 10.4. The third-order valence-corrected chi connectivity index (χ3v) is 2.89. The van der Waals surface area contributed by atoms with Gasteiger partial charge in [-0.1, -0.05) is 0 Å². The molecule has 1 saturated heterocycles. The van der Waals surface area contributed by atoms with Gasteiger partial charge in [0, 0.05) is 25.7 Å². The molecule has 2 N–H and O–H groups in total. The lowest BCUT2D eigenvalue weighted by molar-refractivity contribution is -0.137. The highest BCUT2D eigenvalue weighted by Crippen LogP contribution is 2.13. The molecule has 0 saturated carbocycles. The van der Waals surface area contributed by atoms with E-state index in [-0.39, 0.29) is 6.42 Å². The van der Waals surface area contributed by atoms with Crippen LogP contribution in [0, 0.1) is 5.92 Å². The van der Waals surface area contributed by atoms with Gasteiger partial charge in [-0.2, -0.15) is 0 Å². The average molecular weight is 215 g/mol. The summed E-state index contributed by atoms with van der Waals surface area (Å²) in [6, 6.07) is 0.295. The smallest absolute Gasteiger partial charge is 0.303 e. The number of carboxylic acids is 1. The summed E-state index contributed by atoms with van der Waals surface area (Å²) >= 11 is 0. The zero-order chi connectivity index (χ0) is 11.1. The van der Waals surface area contributed by atoms with Crippen molar-refractivity contribution in [3.8, 4) is 0 Å². The Morgan fingerprint density at radius 2 is 2.20 bits per heavy atom. The van der Waals surface area contributed by atoms with Crippen molar-refractivity contribution < 1.29 is 14.6 Å². The van der Waals surface area contributed by atoms with E-state index >= 15 is 0 Å². The number of carboxylic acid groups (broad SMARTS) is 1. The van der Waals surface area contributed by atoms with Crippen molar-refractivity contribution in [1.29, 1.82) is 0 Å². The predicted octanol–water partition coefficient (Wildman–Crippen LogP) is 1.26. The minimum Gasteiger partial charge on any atom is -0.481 e. The molecule has 1 heterocycles. The quantitative estimate of drug-likeness (QED) is 0.700. The summed E-state index contributed by atoms with van der Waals surface area (Å²) in [6.07, 6.45) is 3.21. The van der Waals surface area contributed by atoms with Crippen LogP contribution < -0.4 is 5.32 Å². The van der Waals surface area contributed by atoms with Crippen molar-refractivity contribution in [3.63, 3.8) is 0 Å². The molecule has 1 fully saturated rings. The van der Waals surface area contributed by atoms with Crippen molar-refractivity contribution in [2.24, 2.45) is 5.92 Å². The third-order valence-electron chi connectivity index (χ3n) is 2.89. The molecule has 0 aromatic carbocycles. The molecule has 0 aromatic heterocycles. The number of hydrogen-bond donors (Lipinski definition) is 2. The molecule has 4 heteroatoms. The first-order chi connectivity index (χ1) is 7.18. The highest BCUT2D eigenvalue weighted by Gasteiger charge is 2.14. The van der Waals surface area contributed by atoms with E-state index in [0.717, 1.165) is 32.6 Å². The molecule has 0 bridgehead atoms. The van der Waals surface area contributed by atoms with Crippen LogP contribution in [0.3, 0.4) is 0 Å². The first kappa shape index (κ1) is 12.5. The number of aliphatic carboxylic acids is 1. The van der Waals surface area contributed by atoms with Crippen LogP contribution in [0.1, 0.15) is 32.6 Å². The molecular weight excluding hydrogens is 194 g/mol. The van der Waals surface area contributed by atoms with E-state index in [2.05, 4.69) is 5.32 Å². The molecule has 0 amide bonds. The van der Waals surface area contributed by atoms with Crippen molar-refractivity contribution in [1.82, 2.24) is 5.32 Å². The van der Waals surface area contributed by atoms with Crippen LogP contribution in [0.2, 0.25) is 0 Å². The molecule has 1 rings (SSSR count). The van der Waals surface area contributed by atoms with E-state index in [1.165, 1.54) is 0 Å². The Morgan fingerprint density at radius 1 is 1.53 bits per heavy atom. The second kappa shape index (κ2) is 6.80. The van der Waals surface area contributed by atoms with Crippen molar-refractivity contribution >= 4 is 5.97 Å². The first-order valence-corrected chi connectivity index (χ1v) is 5.71. The highest BCUT2D eigenvalue weighted by atomic mass is 16.5. The fourth-order valence-corrected chi connectivity index (χ4v) is 1.76. The minimum atomic E-state index is -0.713. The van der Waals surface area contributed by atoms with Crippen molar-refractivity contribution in [2.45, 2.75) is 38.6 Å². The lowest BCUT2D eigenvalue weighted by atomic mass is 10.00. The second-order valence-electron chi connectivity index (χ2n) is 4.30. The van der Waals surface area contributed by atoms with E-state index in [9.17, 15) is 4.79 Å². The molecule has 1 atom stereocenters. The van der Waals surface area contributed by atoms with Gasteiger partial charge in [-0.05, 0) is 38.6 Å². The zero-order valence-electron chi connectivity index (χ0n) is 9.37. The van der Waals surface area contributed by atoms with E-state index < -0.39 is 5.97 Å². The van der Waals surface area contributed by atoms with Gasteiger partial charge < -0.3 is 15.2 Å². The monoisotopic (exact) mass is 215 g/mol. The lowest BCUT2D eigenvalue weighted by Crippen LogP contribution is -2.33. The van der Waals surface area contributed by atoms with Gasteiger partial charge in [-0.15, -0.1) is 0 Å². The Bertz CT molecular complexity index is 190. The Hall–Kier alpha value is -0.610. The molecule has 0 aliphatic carbocycles. The fraction of sp³-hybridized carbons (Fsp3) is 0.909. The summed E-state index contributed by atoms with van der Waals surface area (Å²) in [5.41, 5.74) is 0. The summed E-state index contributed by atoms with van der Waals surface area (Å²) in [7, 11) is 0. The molecule has 15 heavy (non-hydrogen) atoms. The van der Waals surface area contributed by atoms with E-state index in [0.29, 0.717) is 18.4 Å². The van der Waals surface area contributed by atoms with Crippen molar-refractivity contribution in [2.75, 3.05) is 19.8 Å². The van der Waals surface area contributed by atoms with Gasteiger partial charge in [0.25, 0.3) is 0 Å². The molecule has 1 unspecified atom stereocenters. The van der Waals surface area contributed by atoms with Crippen LogP contribution in [0.25, 0.3) is 0 Å². The number of ether oxygens (including phenoxy) is 1. The standard InChI is InChI=1S/C11H21NO3/c1-9(2-3-11(13)14)12-8-10-4-6-15-7-5-10/h9-10,12H,2-8H2,1H3,(H,13,14). The maximum atomic E-state index is 10.4. The van der Waals surface area contributed by atoms with Gasteiger partial charge in [-0.3, -0.25) is 4.79 Å². The lowest BCUT2D eigenvalue weighted by Gasteiger charge is -2.24. The molecule has 1 aliphatic rings. The van der Waals surface area contributed by atoms with Crippen LogP contribution in [0.4, 0.5) is 0 Å². The number of hydrogen-bond acceptors (Lipinski definition) is 3. The molecule has 88 valence electrons. The fourth-order valence-electron chi connectivity index (χ4n) is 1.76. The van der Waals surface area contributed by atoms with Gasteiger partial charge in [0.2, 0.25) is 0 Å². The molecule has 0 aromatic rings. The van der Waals surface area contributed by atoms with Crippen LogP contribution >= 0.6 is 0 Å². The summed E-state index contributed by atoms with van der Waals surface area (Å²) in [5, 5.41) is 11.9. The van der Waals surface area contributed by atoms with Gasteiger partial charge in [0.15, 0.2) is 0 Å². The molecule has 0 radical (unpaired) electrons. The Labute approximate surface area is 91.0 Å². The van der Waals surface area contributed by atoms with Gasteiger partial charge in [0.1, 0.15) is 0 Å². The number of carbonyl (C=O) groups is 1. The van der Waals surface area contributed by atoms with E-state index in [1.54, 1.807) is 0 Å². The van der Waals surface area contributed by atoms with Gasteiger partial charge in [-0.25, -0.2) is 0 Å². The minimum absolute atomic E-state index is 0.252. The Kier molecular flexibility index (Phi) is 5.65. The van der Waals surface area contributed by atoms with Crippen LogP contribution in [0.15, 0.2) is 0 Å². The Balaban J connectivity index is 2.04. The molecular formula is C11H21NO3. The molecule has 4 nitrogen and oxygen atoms in total. The summed E-state index contributed by atoms with van der Waals surface area (Å²) in [6.45, 7) is 4.78. The highest BCUT2D eigenvalue weighted by molar-refractivity contribution is 5.66. The second-order valence-corrected chi connectivity index (χ2v) is 4.30. The zero-order valence-corrected chi connectivity index (χ0v) is 9.37. The largest absolute Gasteiger partial charge is 0.481 e. The first-order valence-electron chi connectivity index (χ1n) is 5.71. The topological polar surface area (TPSA) is 58.6 Å². The summed E-state index contributed by atoms with van der Waals surface area (Å²) < 4.78 is 5.28. The van der Waals surface area contributed by atoms with Crippen molar-refractivity contribution in [3.05, 3.63) is 0 Å². The van der Waals surface area contributed by atoms with E-state index in [4.69, 9.17) is 9.84 Å². The number of rotatable bonds is 6. The summed E-state index contributed by atoms with van der Waals surface area (Å²) in [4.78, 5) is 10.4. The maximum Gasteiger partial charge on any atom is 0.303 e. The summed E-state index contributed by atoms with van der Waals surface area (Å²) in [5.74, 6) is -0.0132. The van der Waals surface area contributed by atoms with Crippen LogP contribution in [0.5, 0.6) is 0 Å². The molecule has 1 aliphatic heterocycles. The van der Waals surface area contributed by atoms with E-state index in [1.807, 2.05) is 6.92 Å². The Morgan fingerprint density at radius 3 is 2.80 bits per heavy atom. The van der Waals surface area contributed by atoms with Gasteiger partial charge in [0.05, 0.1) is 0 Å². The SMILES string of the molecule is CC(CCC(=O)O)NCC1CCOCC1. The third kappa shape index (κ3) is 5.74.